The maximum absolute atomic E-state index is 7.95. The standard InChI is InChI=1S/C37H92O12Si13/c1-36(37-32-30-29-31-33-37)34-35-59(47-60(38-50(2,3)4,39-51(5,6)7)40-52(8,9)10,48-61(41-53(11,12)13,42-54(14,15)16)43-55(17,18)19)49-62(44-56(20,21)22,45-57(23,24)25)46-58(26,27)28/h29-33H,1,34-35H2,2-28H3. The molecule has 0 unspecified atom stereocenters. The summed E-state index contributed by atoms with van der Waals surface area (Å²) >= 11 is 0. The van der Waals surface area contributed by atoms with Crippen LogP contribution in [-0.4, -0.2) is 111 Å². The Kier molecular flexibility index (Phi) is 21.3. The van der Waals surface area contributed by atoms with Gasteiger partial charge < -0.3 is 49.4 Å². The van der Waals surface area contributed by atoms with Crippen molar-refractivity contribution in [2.45, 2.75) is 189 Å². The fourth-order valence-electron chi connectivity index (χ4n) is 5.66. The number of hydrogen-bond acceptors (Lipinski definition) is 12. The summed E-state index contributed by atoms with van der Waals surface area (Å²) in [6, 6.07) is 10.4. The molecule has 1 aromatic carbocycles. The number of allylic oxidation sites excluding steroid dienone is 1. The molecule has 0 saturated carbocycles. The van der Waals surface area contributed by atoms with Gasteiger partial charge >= 0.3 is 35.9 Å². The van der Waals surface area contributed by atoms with Gasteiger partial charge in [0.1, 0.15) is 0 Å². The molecule has 12 nitrogen and oxygen atoms in total. The Labute approximate surface area is 394 Å². The smallest absolute Gasteiger partial charge is 0.396 e. The molecule has 364 valence electrons. The highest BCUT2D eigenvalue weighted by molar-refractivity contribution is 6.96. The van der Waals surface area contributed by atoms with Gasteiger partial charge in [-0.2, -0.15) is 0 Å². The average molecular weight is 1090 g/mol. The van der Waals surface area contributed by atoms with Crippen molar-refractivity contribution < 1.29 is 49.4 Å². The van der Waals surface area contributed by atoms with E-state index in [1.807, 2.05) is 18.2 Å². The highest BCUT2D eigenvalue weighted by Crippen LogP contribution is 2.41. The number of rotatable bonds is 28. The van der Waals surface area contributed by atoms with Gasteiger partial charge in [-0.3, -0.25) is 0 Å². The Hall–Kier alpha value is 1.30. The summed E-state index contributed by atoms with van der Waals surface area (Å²) in [4.78, 5) is 0. The van der Waals surface area contributed by atoms with E-state index in [4.69, 9.17) is 49.4 Å². The lowest BCUT2D eigenvalue weighted by atomic mass is 10.1. The molecule has 0 bridgehead atoms. The molecular formula is C37H92O12Si13. The summed E-state index contributed by atoms with van der Waals surface area (Å²) in [7, 11) is -40.3. The van der Waals surface area contributed by atoms with E-state index in [2.05, 4.69) is 195 Å². The molecule has 62 heavy (non-hydrogen) atoms. The molecule has 0 amide bonds. The van der Waals surface area contributed by atoms with Crippen LogP contribution >= 0.6 is 0 Å². The molecule has 0 heterocycles. The Morgan fingerprint density at radius 3 is 0.694 bits per heavy atom. The predicted molar refractivity (Wildman–Crippen MR) is 291 cm³/mol. The van der Waals surface area contributed by atoms with Crippen LogP contribution in [0.3, 0.4) is 0 Å². The summed E-state index contributed by atoms with van der Waals surface area (Å²) in [6.45, 7) is 62.2. The van der Waals surface area contributed by atoms with Crippen LogP contribution in [0, 0.1) is 0 Å². The first-order valence-corrected chi connectivity index (χ1v) is 59.6. The second-order valence-electron chi connectivity index (χ2n) is 24.9. The topological polar surface area (TPSA) is 111 Å². The van der Waals surface area contributed by atoms with Crippen molar-refractivity contribution in [3.05, 3.63) is 42.5 Å². The van der Waals surface area contributed by atoms with Crippen molar-refractivity contribution in [3.63, 3.8) is 0 Å². The Morgan fingerprint density at radius 1 is 0.323 bits per heavy atom. The van der Waals surface area contributed by atoms with E-state index in [1.165, 1.54) is 0 Å². The van der Waals surface area contributed by atoms with Crippen LogP contribution in [0.1, 0.15) is 12.0 Å². The van der Waals surface area contributed by atoms with E-state index in [1.54, 1.807) is 0 Å². The minimum atomic E-state index is -4.60. The second kappa shape index (κ2) is 21.5. The summed E-state index contributed by atoms with van der Waals surface area (Å²) in [5.74, 6) is 0. The largest absolute Gasteiger partial charge is 0.640 e. The monoisotopic (exact) mass is 1090 g/mol. The molecule has 1 aromatic rings. The first-order valence-electron chi connectivity index (χ1n) is 22.1. The van der Waals surface area contributed by atoms with Crippen LogP contribution in [0.4, 0.5) is 0 Å². The maximum atomic E-state index is 7.95. The van der Waals surface area contributed by atoms with Gasteiger partial charge in [0.2, 0.25) is 0 Å². The lowest BCUT2D eigenvalue weighted by Crippen LogP contribution is -2.76. The third-order valence-corrected chi connectivity index (χ3v) is 45.3. The second-order valence-corrected chi connectivity index (χ2v) is 77.6. The zero-order valence-electron chi connectivity index (χ0n) is 44.4. The fourth-order valence-corrected chi connectivity index (χ4v) is 50.4. The molecule has 0 saturated heterocycles. The third kappa shape index (κ3) is 26.7. The van der Waals surface area contributed by atoms with Gasteiger partial charge in [0, 0.05) is 6.04 Å². The summed E-state index contributed by atoms with van der Waals surface area (Å²) in [5, 5.41) is 0. The molecule has 0 aliphatic rings. The molecule has 0 N–H and O–H groups in total. The molecule has 0 radical (unpaired) electrons. The maximum Gasteiger partial charge on any atom is 0.640 e. The molecule has 0 aliphatic carbocycles. The molecule has 0 spiro atoms. The van der Waals surface area contributed by atoms with Crippen molar-refractivity contribution >= 4 is 116 Å². The van der Waals surface area contributed by atoms with E-state index in [-0.39, 0.29) is 6.04 Å². The SMILES string of the molecule is C=C(CC[Si](O[Si](O[Si](C)(C)C)(O[Si](C)(C)C)O[Si](C)(C)C)(O[Si](O[Si](C)(C)C)(O[Si](C)(C)C)O[Si](C)(C)C)O[Si](O[Si](C)(C)C)(O[Si](C)(C)C)O[Si](C)(C)C)c1ccccc1. The highest BCUT2D eigenvalue weighted by atomic mass is 28.6. The summed E-state index contributed by atoms with van der Waals surface area (Å²) < 4.78 is 89.8. The van der Waals surface area contributed by atoms with E-state index in [0.29, 0.717) is 6.42 Å². The van der Waals surface area contributed by atoms with Gasteiger partial charge in [0.15, 0.2) is 74.9 Å². The van der Waals surface area contributed by atoms with Gasteiger partial charge in [-0.25, -0.2) is 0 Å². The van der Waals surface area contributed by atoms with Crippen LogP contribution in [0.25, 0.3) is 5.57 Å². The van der Waals surface area contributed by atoms with Gasteiger partial charge in [0.05, 0.1) is 0 Å². The molecule has 0 fully saturated rings. The molecule has 1 rings (SSSR count). The van der Waals surface area contributed by atoms with Gasteiger partial charge in [-0.15, -0.1) is 0 Å². The highest BCUT2D eigenvalue weighted by Gasteiger charge is 2.71. The van der Waals surface area contributed by atoms with Crippen LogP contribution in [0.5, 0.6) is 0 Å². The van der Waals surface area contributed by atoms with E-state index in [0.717, 1.165) is 11.1 Å². The Balaban J connectivity index is 5.01. The summed E-state index contributed by atoms with van der Waals surface area (Å²) in [6.07, 6.45) is 0.405. The molecule has 0 aromatic heterocycles. The number of hydrogen-bond donors (Lipinski definition) is 0. The van der Waals surface area contributed by atoms with Crippen LogP contribution in [-0.2, 0) is 49.4 Å². The normalized spacial score (nSPS) is 15.3. The molecular weight excluding hydrogens is 1000 g/mol. The van der Waals surface area contributed by atoms with E-state index < -0.39 is 111 Å². The van der Waals surface area contributed by atoms with Gasteiger partial charge in [-0.1, -0.05) is 36.9 Å². The number of benzene rings is 1. The van der Waals surface area contributed by atoms with Crippen LogP contribution in [0.2, 0.25) is 183 Å². The van der Waals surface area contributed by atoms with Crippen LogP contribution < -0.4 is 0 Å². The van der Waals surface area contributed by atoms with Crippen molar-refractivity contribution in [1.29, 1.82) is 0 Å². The predicted octanol–water partition coefficient (Wildman–Crippen LogP) is 13.0. The zero-order valence-corrected chi connectivity index (χ0v) is 57.4. The quantitative estimate of drug-likeness (QED) is 0.0745. The zero-order chi connectivity index (χ0) is 49.1. The van der Waals surface area contributed by atoms with Crippen molar-refractivity contribution in [2.24, 2.45) is 0 Å². The Bertz CT molecular complexity index is 1300. The minimum absolute atomic E-state index is 0.191. The lowest BCUT2D eigenvalue weighted by molar-refractivity contribution is 0.0445. The van der Waals surface area contributed by atoms with Crippen molar-refractivity contribution in [3.8, 4) is 0 Å². The van der Waals surface area contributed by atoms with Gasteiger partial charge in [0.25, 0.3) is 0 Å². The minimum Gasteiger partial charge on any atom is -0.396 e. The van der Waals surface area contributed by atoms with Crippen LogP contribution in [0.15, 0.2) is 36.9 Å². The summed E-state index contributed by atoms with van der Waals surface area (Å²) in [5.41, 5.74) is 1.87. The molecule has 0 atom stereocenters. The fraction of sp³-hybridized carbons (Fsp3) is 0.784. The lowest BCUT2D eigenvalue weighted by Gasteiger charge is -2.50. The van der Waals surface area contributed by atoms with E-state index in [9.17, 15) is 0 Å². The van der Waals surface area contributed by atoms with Crippen molar-refractivity contribution in [1.82, 2.24) is 0 Å². The van der Waals surface area contributed by atoms with Gasteiger partial charge in [-0.05, 0) is 194 Å². The third-order valence-electron chi connectivity index (χ3n) is 6.64. The van der Waals surface area contributed by atoms with E-state index >= 15 is 0 Å². The van der Waals surface area contributed by atoms with Crippen molar-refractivity contribution in [2.75, 3.05) is 0 Å². The average Bonchev–Trinajstić information content (AvgIpc) is 2.86. The first kappa shape index (κ1) is 61.3. The molecule has 25 heteroatoms. The molecule has 0 aliphatic heterocycles. The first-order chi connectivity index (χ1) is 27.0. The Morgan fingerprint density at radius 2 is 0.516 bits per heavy atom.